The van der Waals surface area contributed by atoms with E-state index in [4.69, 9.17) is 25.4 Å². The number of hydrogen-bond acceptors (Lipinski definition) is 11. The molecule has 11 nitrogen and oxygen atoms in total. The molecule has 0 spiro atoms. The van der Waals surface area contributed by atoms with Crippen molar-refractivity contribution in [3.05, 3.63) is 65.2 Å². The lowest BCUT2D eigenvalue weighted by atomic mass is 10.1. The topological polar surface area (TPSA) is 147 Å². The zero-order chi connectivity index (χ0) is 32.0. The number of ether oxygens (including phenoxy) is 3. The molecule has 1 unspecified atom stereocenters. The molecule has 1 aliphatic heterocycles. The number of amidine groups is 2. The van der Waals surface area contributed by atoms with Gasteiger partial charge in [0.25, 0.3) is 11.8 Å². The van der Waals surface area contributed by atoms with Crippen LogP contribution in [0.15, 0.2) is 47.5 Å². The number of anilines is 1. The second-order valence-electron chi connectivity index (χ2n) is 9.81. The van der Waals surface area contributed by atoms with E-state index in [1.807, 2.05) is 24.3 Å². The molecule has 2 heterocycles. The van der Waals surface area contributed by atoms with E-state index in [-0.39, 0.29) is 35.9 Å². The number of rotatable bonds is 13. The minimum Gasteiger partial charge on any atom is -0.504 e. The smallest absolute Gasteiger partial charge is 0.328 e. The van der Waals surface area contributed by atoms with Crippen molar-refractivity contribution in [3.8, 4) is 29.0 Å². The standard InChI is InChI=1S/C30H34F2N6O5S/c1-5-41-30(40)20(11-14-44-4)38(3)25-23(31)28(42-19-8-6-7-18(15-19)27-35-12-13-37(27)2)36-29(24(25)32)43-22-16-17(26(33)34)9-10-21(22)39/h6-10,15-16,20,39H,5,11-14H2,1-4H3,(H3,33,34). The summed E-state index contributed by atoms with van der Waals surface area (Å²) in [6.07, 6.45) is 2.07. The van der Waals surface area contributed by atoms with E-state index in [0.29, 0.717) is 12.3 Å². The molecule has 1 atom stereocenters. The maximum absolute atomic E-state index is 16.2. The van der Waals surface area contributed by atoms with Gasteiger partial charge in [-0.2, -0.15) is 25.5 Å². The van der Waals surface area contributed by atoms with Gasteiger partial charge in [0, 0.05) is 31.8 Å². The van der Waals surface area contributed by atoms with Crippen LogP contribution in [0.1, 0.15) is 24.5 Å². The summed E-state index contributed by atoms with van der Waals surface area (Å²) in [5, 5.41) is 18.1. The van der Waals surface area contributed by atoms with Crippen LogP contribution in [0, 0.1) is 17.0 Å². The molecule has 44 heavy (non-hydrogen) atoms. The van der Waals surface area contributed by atoms with Gasteiger partial charge in [0.15, 0.2) is 11.5 Å². The van der Waals surface area contributed by atoms with E-state index < -0.39 is 46.8 Å². The number of thioether (sulfide) groups is 1. The number of aliphatic imine (C=N–C) groups is 1. The Morgan fingerprint density at radius 2 is 1.93 bits per heavy atom. The number of aromatic hydroxyl groups is 1. The Labute approximate surface area is 258 Å². The summed E-state index contributed by atoms with van der Waals surface area (Å²) in [6, 6.07) is 9.52. The third-order valence-electron chi connectivity index (χ3n) is 6.81. The maximum Gasteiger partial charge on any atom is 0.328 e. The number of benzene rings is 2. The second-order valence-corrected chi connectivity index (χ2v) is 10.8. The number of carbonyl (C=O) groups is 1. The molecule has 0 amide bonds. The first-order chi connectivity index (χ1) is 21.0. The van der Waals surface area contributed by atoms with E-state index in [0.717, 1.165) is 22.8 Å². The molecule has 4 rings (SSSR count). The molecule has 0 aliphatic carbocycles. The van der Waals surface area contributed by atoms with Crippen molar-refractivity contribution in [2.45, 2.75) is 19.4 Å². The normalized spacial score (nSPS) is 13.3. The van der Waals surface area contributed by atoms with Crippen LogP contribution in [0.4, 0.5) is 14.5 Å². The number of nitrogens with one attached hydrogen (secondary N) is 1. The van der Waals surface area contributed by atoms with Gasteiger partial charge in [-0.1, -0.05) is 12.1 Å². The summed E-state index contributed by atoms with van der Waals surface area (Å²) >= 11 is 1.46. The number of aromatic nitrogens is 1. The second kappa shape index (κ2) is 14.3. The molecule has 0 saturated carbocycles. The molecule has 4 N–H and O–H groups in total. The van der Waals surface area contributed by atoms with Crippen LogP contribution in [0.3, 0.4) is 0 Å². The van der Waals surface area contributed by atoms with Crippen LogP contribution in [-0.2, 0) is 9.53 Å². The highest BCUT2D eigenvalue weighted by molar-refractivity contribution is 7.98. The largest absolute Gasteiger partial charge is 0.504 e. The fourth-order valence-electron chi connectivity index (χ4n) is 4.55. The third kappa shape index (κ3) is 7.13. The molecule has 2 aromatic carbocycles. The lowest BCUT2D eigenvalue weighted by Crippen LogP contribution is -2.41. The van der Waals surface area contributed by atoms with Gasteiger partial charge in [-0.25, -0.2) is 4.79 Å². The summed E-state index contributed by atoms with van der Waals surface area (Å²) in [6.45, 7) is 3.10. The molecular formula is C30H34F2N6O5S. The predicted molar refractivity (Wildman–Crippen MR) is 166 cm³/mol. The molecule has 1 aromatic heterocycles. The molecule has 0 fully saturated rings. The fourth-order valence-corrected chi connectivity index (χ4v) is 5.01. The van der Waals surface area contributed by atoms with Gasteiger partial charge < -0.3 is 34.9 Å². The predicted octanol–water partition coefficient (Wildman–Crippen LogP) is 4.75. The zero-order valence-corrected chi connectivity index (χ0v) is 25.6. The molecule has 0 radical (unpaired) electrons. The van der Waals surface area contributed by atoms with Gasteiger partial charge in [0.2, 0.25) is 11.6 Å². The number of esters is 1. The Hall–Kier alpha value is -4.59. The fraction of sp³-hybridized carbons (Fsp3) is 0.333. The van der Waals surface area contributed by atoms with Crippen molar-refractivity contribution in [3.63, 3.8) is 0 Å². The first-order valence-electron chi connectivity index (χ1n) is 13.7. The Balaban J connectivity index is 1.83. The molecule has 1 aliphatic rings. The van der Waals surface area contributed by atoms with Crippen LogP contribution in [0.25, 0.3) is 0 Å². The first-order valence-corrected chi connectivity index (χ1v) is 15.1. The van der Waals surface area contributed by atoms with E-state index in [1.54, 1.807) is 25.1 Å². The lowest BCUT2D eigenvalue weighted by Gasteiger charge is -2.29. The Morgan fingerprint density at radius 1 is 1.20 bits per heavy atom. The number of pyridine rings is 1. The number of hydrogen-bond donors (Lipinski definition) is 3. The average Bonchev–Trinajstić information content (AvgIpc) is 3.42. The Morgan fingerprint density at radius 3 is 2.57 bits per heavy atom. The minimum atomic E-state index is -1.25. The van der Waals surface area contributed by atoms with Crippen LogP contribution in [-0.4, -0.2) is 84.5 Å². The van der Waals surface area contributed by atoms with Crippen molar-refractivity contribution >= 4 is 35.1 Å². The summed E-state index contributed by atoms with van der Waals surface area (Å²) in [5.41, 5.74) is 5.83. The highest BCUT2D eigenvalue weighted by atomic mass is 32.2. The Kier molecular flexibility index (Phi) is 10.5. The number of nitrogens with two attached hydrogens (primary N) is 1. The van der Waals surface area contributed by atoms with Gasteiger partial charge in [0.05, 0.1) is 13.2 Å². The van der Waals surface area contributed by atoms with Crippen LogP contribution in [0.2, 0.25) is 0 Å². The summed E-state index contributed by atoms with van der Waals surface area (Å²) in [7, 11) is 3.26. The van der Waals surface area contributed by atoms with E-state index >= 15 is 8.78 Å². The summed E-state index contributed by atoms with van der Waals surface area (Å²) < 4.78 is 49.1. The molecule has 14 heteroatoms. The number of phenolic OH excluding ortho intramolecular Hbond substituents is 1. The lowest BCUT2D eigenvalue weighted by molar-refractivity contribution is -0.144. The van der Waals surface area contributed by atoms with Gasteiger partial charge in [-0.05, 0) is 55.7 Å². The van der Waals surface area contributed by atoms with Crippen molar-refractivity contribution < 1.29 is 32.9 Å². The van der Waals surface area contributed by atoms with Crippen molar-refractivity contribution in [1.82, 2.24) is 9.88 Å². The third-order valence-corrected chi connectivity index (χ3v) is 7.46. The number of phenols is 1. The van der Waals surface area contributed by atoms with Gasteiger partial charge in [-0.3, -0.25) is 10.4 Å². The summed E-state index contributed by atoms with van der Waals surface area (Å²) in [4.78, 5) is 24.5. The van der Waals surface area contributed by atoms with Crippen molar-refractivity contribution in [1.29, 1.82) is 5.41 Å². The molecular weight excluding hydrogens is 594 g/mol. The molecule has 0 saturated heterocycles. The molecule has 0 bridgehead atoms. The monoisotopic (exact) mass is 628 g/mol. The van der Waals surface area contributed by atoms with E-state index in [1.165, 1.54) is 37.0 Å². The van der Waals surface area contributed by atoms with Crippen LogP contribution in [0.5, 0.6) is 29.0 Å². The highest BCUT2D eigenvalue weighted by Gasteiger charge is 2.33. The van der Waals surface area contributed by atoms with Gasteiger partial charge in [0.1, 0.15) is 29.1 Å². The van der Waals surface area contributed by atoms with E-state index in [9.17, 15) is 9.90 Å². The van der Waals surface area contributed by atoms with Crippen molar-refractivity contribution in [2.24, 2.45) is 10.7 Å². The highest BCUT2D eigenvalue weighted by Crippen LogP contribution is 2.40. The van der Waals surface area contributed by atoms with Crippen molar-refractivity contribution in [2.75, 3.05) is 50.7 Å². The molecule has 3 aromatic rings. The van der Waals surface area contributed by atoms with Gasteiger partial charge in [-0.15, -0.1) is 0 Å². The first kappa shape index (κ1) is 32.3. The number of nitrogens with zero attached hydrogens (tertiary/aromatic N) is 4. The van der Waals surface area contributed by atoms with Gasteiger partial charge >= 0.3 is 5.97 Å². The number of likely N-dealkylation sites (N-methyl/N-ethyl adjacent to an activating group) is 2. The average molecular weight is 629 g/mol. The SMILES string of the molecule is CCOC(=O)C(CCSC)N(C)c1c(F)c(Oc2cccc(C3=NCCN3C)c2)nc(Oc2cc(C(=N)N)ccc2O)c1F. The quantitative estimate of drug-likeness (QED) is 0.138. The van der Waals surface area contributed by atoms with Crippen LogP contribution >= 0.6 is 11.8 Å². The maximum atomic E-state index is 16.2. The van der Waals surface area contributed by atoms with Crippen LogP contribution < -0.4 is 20.1 Å². The number of nitrogen functional groups attached to an aromatic ring is 1. The van der Waals surface area contributed by atoms with E-state index in [2.05, 4.69) is 9.98 Å². The number of halogens is 2. The summed E-state index contributed by atoms with van der Waals surface area (Å²) in [5.74, 6) is -4.07. The Bertz CT molecular complexity index is 1570. The molecule has 234 valence electrons. The number of carbonyl (C=O) groups excluding carboxylic acids is 1. The minimum absolute atomic E-state index is 0.0784. The zero-order valence-electron chi connectivity index (χ0n) is 24.8.